The number of nitrogens with one attached hydrogen (secondary N) is 1. The van der Waals surface area contributed by atoms with Crippen LogP contribution in [0.25, 0.3) is 0 Å². The monoisotopic (exact) mass is 302 g/mol. The highest BCUT2D eigenvalue weighted by Gasteiger charge is 2.43. The van der Waals surface area contributed by atoms with Crippen LogP contribution in [-0.4, -0.2) is 35.2 Å². The highest BCUT2D eigenvalue weighted by molar-refractivity contribution is 5.90. The van der Waals surface area contributed by atoms with Crippen LogP contribution in [0.2, 0.25) is 0 Å². The van der Waals surface area contributed by atoms with Crippen LogP contribution in [-0.2, 0) is 16.1 Å². The summed E-state index contributed by atoms with van der Waals surface area (Å²) in [5.74, 6) is 0.672. The zero-order valence-corrected chi connectivity index (χ0v) is 13.8. The number of hydrogen-bond acceptors (Lipinski definition) is 3. The molecule has 1 atom stereocenters. The van der Waals surface area contributed by atoms with Crippen molar-refractivity contribution in [1.29, 1.82) is 0 Å². The molecule has 2 rings (SSSR count). The molecule has 0 aromatic heterocycles. The van der Waals surface area contributed by atoms with Crippen LogP contribution < -0.4 is 5.32 Å². The van der Waals surface area contributed by atoms with Crippen molar-refractivity contribution in [2.24, 2.45) is 5.92 Å². The Hall–Kier alpha value is -1.68. The lowest BCUT2D eigenvalue weighted by atomic mass is 9.86. The molecular formula is C18H26N2O2. The van der Waals surface area contributed by atoms with Crippen molar-refractivity contribution in [2.45, 2.75) is 45.7 Å². The second kappa shape index (κ2) is 7.05. The Morgan fingerprint density at radius 1 is 1.32 bits per heavy atom. The summed E-state index contributed by atoms with van der Waals surface area (Å²) in [5, 5.41) is 3.04. The summed E-state index contributed by atoms with van der Waals surface area (Å²) in [7, 11) is 0. The van der Waals surface area contributed by atoms with Gasteiger partial charge in [-0.25, -0.2) is 0 Å². The smallest absolute Gasteiger partial charge is 0.240 e. The molecule has 1 saturated heterocycles. The van der Waals surface area contributed by atoms with Gasteiger partial charge in [0, 0.05) is 19.5 Å². The van der Waals surface area contributed by atoms with Crippen LogP contribution in [0.4, 0.5) is 0 Å². The third-order valence-electron chi connectivity index (χ3n) is 4.33. The SMILES string of the molecule is CC(C)CN1CC(=O)CCC1(C)C(=O)NCc1ccccc1. The second-order valence-electron chi connectivity index (χ2n) is 6.76. The first-order valence-electron chi connectivity index (χ1n) is 8.01. The number of carbonyl (C=O) groups is 2. The van der Waals surface area contributed by atoms with Crippen molar-refractivity contribution >= 4 is 11.7 Å². The number of rotatable bonds is 5. The average Bonchev–Trinajstić information content (AvgIpc) is 2.49. The first-order chi connectivity index (χ1) is 10.4. The summed E-state index contributed by atoms with van der Waals surface area (Å²) >= 11 is 0. The number of benzene rings is 1. The van der Waals surface area contributed by atoms with E-state index >= 15 is 0 Å². The molecule has 4 nitrogen and oxygen atoms in total. The van der Waals surface area contributed by atoms with Crippen LogP contribution >= 0.6 is 0 Å². The molecule has 1 N–H and O–H groups in total. The topological polar surface area (TPSA) is 49.4 Å². The predicted molar refractivity (Wildman–Crippen MR) is 87.3 cm³/mol. The third kappa shape index (κ3) is 3.95. The van der Waals surface area contributed by atoms with E-state index in [-0.39, 0.29) is 11.7 Å². The highest BCUT2D eigenvalue weighted by Crippen LogP contribution is 2.27. The Bertz CT molecular complexity index is 527. The highest BCUT2D eigenvalue weighted by atomic mass is 16.2. The van der Waals surface area contributed by atoms with Crippen molar-refractivity contribution in [3.8, 4) is 0 Å². The molecule has 1 aromatic rings. The molecule has 1 aliphatic rings. The number of carbonyl (C=O) groups excluding carboxylic acids is 2. The quantitative estimate of drug-likeness (QED) is 0.908. The fourth-order valence-corrected chi connectivity index (χ4v) is 2.94. The molecule has 1 amide bonds. The minimum atomic E-state index is -0.590. The van der Waals surface area contributed by atoms with Gasteiger partial charge in [-0.2, -0.15) is 0 Å². The van der Waals surface area contributed by atoms with Crippen molar-refractivity contribution in [3.63, 3.8) is 0 Å². The number of hydrogen-bond donors (Lipinski definition) is 1. The van der Waals surface area contributed by atoms with Crippen molar-refractivity contribution in [3.05, 3.63) is 35.9 Å². The van der Waals surface area contributed by atoms with Gasteiger partial charge in [-0.15, -0.1) is 0 Å². The summed E-state index contributed by atoms with van der Waals surface area (Å²) in [5.41, 5.74) is 0.495. The molecule has 4 heteroatoms. The Balaban J connectivity index is 2.05. The maximum Gasteiger partial charge on any atom is 0.240 e. The number of amides is 1. The lowest BCUT2D eigenvalue weighted by Gasteiger charge is -2.43. The predicted octanol–water partition coefficient (Wildman–Crippen LogP) is 2.38. The Morgan fingerprint density at radius 2 is 2.00 bits per heavy atom. The Labute approximate surface area is 132 Å². The minimum Gasteiger partial charge on any atom is -0.350 e. The number of piperidine rings is 1. The maximum absolute atomic E-state index is 12.7. The van der Waals surface area contributed by atoms with Crippen molar-refractivity contribution in [1.82, 2.24) is 10.2 Å². The van der Waals surface area contributed by atoms with Gasteiger partial charge in [-0.05, 0) is 24.8 Å². The van der Waals surface area contributed by atoms with Crippen LogP contribution in [0.15, 0.2) is 30.3 Å². The zero-order chi connectivity index (χ0) is 16.2. The summed E-state index contributed by atoms with van der Waals surface area (Å²) < 4.78 is 0. The van der Waals surface area contributed by atoms with E-state index in [2.05, 4.69) is 19.2 Å². The maximum atomic E-state index is 12.7. The standard InChI is InChI=1S/C18H26N2O2/c1-14(2)12-20-13-16(21)9-10-18(20,3)17(22)19-11-15-7-5-4-6-8-15/h4-8,14H,9-13H2,1-3H3,(H,19,22). The van der Waals surface area contributed by atoms with Crippen LogP contribution in [0, 0.1) is 5.92 Å². The normalized spacial score (nSPS) is 22.8. The molecule has 1 aliphatic heterocycles. The molecule has 1 fully saturated rings. The van der Waals surface area contributed by atoms with Gasteiger partial charge in [-0.1, -0.05) is 44.2 Å². The van der Waals surface area contributed by atoms with Crippen LogP contribution in [0.3, 0.4) is 0 Å². The Kier molecular flexibility index (Phi) is 5.35. The number of nitrogens with zero attached hydrogens (tertiary/aromatic N) is 1. The molecule has 1 aromatic carbocycles. The lowest BCUT2D eigenvalue weighted by molar-refractivity contribution is -0.140. The van der Waals surface area contributed by atoms with E-state index < -0.39 is 5.54 Å². The molecule has 0 radical (unpaired) electrons. The zero-order valence-electron chi connectivity index (χ0n) is 13.8. The summed E-state index contributed by atoms with van der Waals surface area (Å²) in [6.07, 6.45) is 1.09. The second-order valence-corrected chi connectivity index (χ2v) is 6.76. The van der Waals surface area contributed by atoms with Gasteiger partial charge < -0.3 is 5.32 Å². The van der Waals surface area contributed by atoms with E-state index in [0.29, 0.717) is 31.8 Å². The fraction of sp³-hybridized carbons (Fsp3) is 0.556. The molecule has 0 aliphatic carbocycles. The van der Waals surface area contributed by atoms with E-state index in [1.54, 1.807) is 0 Å². The Morgan fingerprint density at radius 3 is 2.64 bits per heavy atom. The first-order valence-corrected chi connectivity index (χ1v) is 8.01. The molecular weight excluding hydrogens is 276 g/mol. The van der Waals surface area contributed by atoms with Gasteiger partial charge in [-0.3, -0.25) is 14.5 Å². The van der Waals surface area contributed by atoms with E-state index in [4.69, 9.17) is 0 Å². The summed E-state index contributed by atoms with van der Waals surface area (Å²) in [4.78, 5) is 26.5. The molecule has 1 heterocycles. The van der Waals surface area contributed by atoms with Gasteiger partial charge in [0.25, 0.3) is 0 Å². The van der Waals surface area contributed by atoms with Gasteiger partial charge in [0.2, 0.25) is 5.91 Å². The largest absolute Gasteiger partial charge is 0.350 e. The van der Waals surface area contributed by atoms with Gasteiger partial charge in [0.1, 0.15) is 5.78 Å². The fourth-order valence-electron chi connectivity index (χ4n) is 2.94. The van der Waals surface area contributed by atoms with E-state index in [1.165, 1.54) is 0 Å². The van der Waals surface area contributed by atoms with Gasteiger partial charge >= 0.3 is 0 Å². The van der Waals surface area contributed by atoms with Crippen molar-refractivity contribution in [2.75, 3.05) is 13.1 Å². The van der Waals surface area contributed by atoms with Gasteiger partial charge in [0.15, 0.2) is 0 Å². The van der Waals surface area contributed by atoms with E-state index in [1.807, 2.05) is 42.2 Å². The number of ketones is 1. The molecule has 0 bridgehead atoms. The molecule has 0 saturated carbocycles. The minimum absolute atomic E-state index is 0.0181. The van der Waals surface area contributed by atoms with E-state index in [0.717, 1.165) is 12.1 Å². The molecule has 1 unspecified atom stereocenters. The first kappa shape index (κ1) is 16.7. The average molecular weight is 302 g/mol. The third-order valence-corrected chi connectivity index (χ3v) is 4.33. The molecule has 22 heavy (non-hydrogen) atoms. The van der Waals surface area contributed by atoms with Crippen LogP contribution in [0.5, 0.6) is 0 Å². The van der Waals surface area contributed by atoms with Crippen molar-refractivity contribution < 1.29 is 9.59 Å². The molecule has 0 spiro atoms. The number of Topliss-reactive ketones (excluding diaryl/α,β-unsaturated/α-hetero) is 1. The number of likely N-dealkylation sites (tertiary alicyclic amines) is 1. The summed E-state index contributed by atoms with van der Waals surface area (Å²) in [6.45, 7) is 7.86. The lowest BCUT2D eigenvalue weighted by Crippen LogP contribution is -2.61. The van der Waals surface area contributed by atoms with Crippen LogP contribution in [0.1, 0.15) is 39.2 Å². The molecule has 120 valence electrons. The van der Waals surface area contributed by atoms with Gasteiger partial charge in [0.05, 0.1) is 12.1 Å². The summed E-state index contributed by atoms with van der Waals surface area (Å²) in [6, 6.07) is 9.89. The van der Waals surface area contributed by atoms with E-state index in [9.17, 15) is 9.59 Å².